The minimum Gasteiger partial charge on any atom is -0.358 e. The summed E-state index contributed by atoms with van der Waals surface area (Å²) in [5.41, 5.74) is 1.33. The number of H-pyrrole nitrogens is 1. The smallest absolute Gasteiger partial charge is 0.358 e. The van der Waals surface area contributed by atoms with Gasteiger partial charge >= 0.3 is 6.18 Å². The SMILES string of the molecule is FC(F)(F)c1cncc(-c2cnc3c(Cl)c[nH]c3c2)c1. The molecule has 0 atom stereocenters. The van der Waals surface area contributed by atoms with Gasteiger partial charge in [-0.3, -0.25) is 9.97 Å². The van der Waals surface area contributed by atoms with Gasteiger partial charge in [0.1, 0.15) is 5.52 Å². The molecule has 102 valence electrons. The van der Waals surface area contributed by atoms with E-state index in [0.29, 0.717) is 27.2 Å². The van der Waals surface area contributed by atoms with Crippen molar-refractivity contribution in [2.24, 2.45) is 0 Å². The minimum atomic E-state index is -4.42. The quantitative estimate of drug-likeness (QED) is 0.727. The van der Waals surface area contributed by atoms with Gasteiger partial charge < -0.3 is 4.98 Å². The lowest BCUT2D eigenvalue weighted by Crippen LogP contribution is -2.05. The number of aromatic nitrogens is 3. The average Bonchev–Trinajstić information content (AvgIpc) is 2.79. The first-order chi connectivity index (χ1) is 9.45. The number of halogens is 4. The van der Waals surface area contributed by atoms with Crippen molar-refractivity contribution in [1.29, 1.82) is 0 Å². The Morgan fingerprint density at radius 3 is 2.55 bits per heavy atom. The van der Waals surface area contributed by atoms with E-state index in [1.165, 1.54) is 12.4 Å². The van der Waals surface area contributed by atoms with E-state index in [9.17, 15) is 13.2 Å². The predicted octanol–water partition coefficient (Wildman–Crippen LogP) is 4.30. The summed E-state index contributed by atoms with van der Waals surface area (Å²) in [4.78, 5) is 10.7. The molecule has 0 aliphatic heterocycles. The van der Waals surface area contributed by atoms with Gasteiger partial charge in [-0.1, -0.05) is 11.6 Å². The van der Waals surface area contributed by atoms with Crippen LogP contribution in [0.1, 0.15) is 5.56 Å². The Morgan fingerprint density at radius 1 is 1.05 bits per heavy atom. The fourth-order valence-electron chi connectivity index (χ4n) is 1.89. The highest BCUT2D eigenvalue weighted by atomic mass is 35.5. The van der Waals surface area contributed by atoms with Crippen LogP contribution in [0.4, 0.5) is 13.2 Å². The van der Waals surface area contributed by atoms with Crippen molar-refractivity contribution in [3.8, 4) is 11.1 Å². The summed E-state index contributed by atoms with van der Waals surface area (Å²) < 4.78 is 38.0. The van der Waals surface area contributed by atoms with Crippen LogP contribution in [-0.4, -0.2) is 15.0 Å². The Hall–Kier alpha value is -2.08. The number of nitrogens with zero attached hydrogens (tertiary/aromatic N) is 2. The topological polar surface area (TPSA) is 41.6 Å². The number of rotatable bonds is 1. The Balaban J connectivity index is 2.11. The maximum absolute atomic E-state index is 12.7. The number of hydrogen-bond donors (Lipinski definition) is 1. The van der Waals surface area contributed by atoms with Gasteiger partial charge in [0.05, 0.1) is 16.1 Å². The molecule has 0 bridgehead atoms. The Kier molecular flexibility index (Phi) is 2.90. The lowest BCUT2D eigenvalue weighted by Gasteiger charge is -2.08. The lowest BCUT2D eigenvalue weighted by molar-refractivity contribution is -0.137. The van der Waals surface area contributed by atoms with Crippen LogP contribution in [0.15, 0.2) is 36.9 Å². The third-order valence-electron chi connectivity index (χ3n) is 2.87. The highest BCUT2D eigenvalue weighted by Gasteiger charge is 2.31. The molecule has 3 heterocycles. The number of alkyl halides is 3. The molecule has 0 aliphatic rings. The molecular weight excluding hydrogens is 291 g/mol. The van der Waals surface area contributed by atoms with Gasteiger partial charge in [0, 0.05) is 35.9 Å². The molecule has 0 amide bonds. The lowest BCUT2D eigenvalue weighted by atomic mass is 10.1. The molecule has 3 aromatic heterocycles. The molecule has 0 aromatic carbocycles. The number of pyridine rings is 2. The van der Waals surface area contributed by atoms with E-state index in [2.05, 4.69) is 15.0 Å². The summed E-state index contributed by atoms with van der Waals surface area (Å²) >= 11 is 5.90. The van der Waals surface area contributed by atoms with Crippen molar-refractivity contribution in [3.05, 3.63) is 47.5 Å². The van der Waals surface area contributed by atoms with Gasteiger partial charge in [-0.2, -0.15) is 13.2 Å². The van der Waals surface area contributed by atoms with E-state index in [4.69, 9.17) is 11.6 Å². The molecule has 3 nitrogen and oxygen atoms in total. The van der Waals surface area contributed by atoms with Crippen LogP contribution in [0.5, 0.6) is 0 Å². The first-order valence-corrected chi connectivity index (χ1v) is 5.98. The van der Waals surface area contributed by atoms with Crippen LogP contribution < -0.4 is 0 Å². The van der Waals surface area contributed by atoms with E-state index in [1.54, 1.807) is 12.3 Å². The van der Waals surface area contributed by atoms with Crippen molar-refractivity contribution in [2.45, 2.75) is 6.18 Å². The monoisotopic (exact) mass is 297 g/mol. The highest BCUT2D eigenvalue weighted by Crippen LogP contribution is 2.32. The molecule has 0 saturated carbocycles. The average molecular weight is 298 g/mol. The molecule has 0 fully saturated rings. The molecule has 3 aromatic rings. The maximum atomic E-state index is 12.7. The molecule has 0 unspecified atom stereocenters. The van der Waals surface area contributed by atoms with Crippen LogP contribution in [0.2, 0.25) is 5.02 Å². The molecular formula is C13H7ClF3N3. The third-order valence-corrected chi connectivity index (χ3v) is 3.16. The third kappa shape index (κ3) is 2.22. The van der Waals surface area contributed by atoms with E-state index in [0.717, 1.165) is 12.3 Å². The van der Waals surface area contributed by atoms with E-state index < -0.39 is 11.7 Å². The van der Waals surface area contributed by atoms with Gasteiger partial charge in [0.2, 0.25) is 0 Å². The predicted molar refractivity (Wildman–Crippen MR) is 69.3 cm³/mol. The number of hydrogen-bond acceptors (Lipinski definition) is 2. The summed E-state index contributed by atoms with van der Waals surface area (Å²) in [7, 11) is 0. The second kappa shape index (κ2) is 4.49. The molecule has 0 spiro atoms. The molecule has 1 N–H and O–H groups in total. The normalized spacial score (nSPS) is 12.0. The van der Waals surface area contributed by atoms with Crippen molar-refractivity contribution in [1.82, 2.24) is 15.0 Å². The van der Waals surface area contributed by atoms with Crippen molar-refractivity contribution < 1.29 is 13.2 Å². The fourth-order valence-corrected chi connectivity index (χ4v) is 2.09. The standard InChI is InChI=1S/C13H7ClF3N3/c14-10-6-19-11-2-8(4-20-12(10)11)7-1-9(5-18-3-7)13(15,16)17/h1-6,19H. The minimum absolute atomic E-state index is 0.347. The Labute approximate surface area is 116 Å². The van der Waals surface area contributed by atoms with E-state index >= 15 is 0 Å². The van der Waals surface area contributed by atoms with Crippen LogP contribution in [0.3, 0.4) is 0 Å². The van der Waals surface area contributed by atoms with Crippen molar-refractivity contribution >= 4 is 22.6 Å². The summed E-state index contributed by atoms with van der Waals surface area (Å²) in [6.45, 7) is 0. The largest absolute Gasteiger partial charge is 0.417 e. The van der Waals surface area contributed by atoms with Gasteiger partial charge in [-0.15, -0.1) is 0 Å². The number of aromatic amines is 1. The van der Waals surface area contributed by atoms with E-state index in [-0.39, 0.29) is 0 Å². The van der Waals surface area contributed by atoms with Gasteiger partial charge in [0.25, 0.3) is 0 Å². The van der Waals surface area contributed by atoms with Gasteiger partial charge in [-0.05, 0) is 12.1 Å². The first kappa shape index (κ1) is 12.9. The first-order valence-electron chi connectivity index (χ1n) is 5.60. The number of nitrogens with one attached hydrogen (secondary N) is 1. The summed E-state index contributed by atoms with van der Waals surface area (Å²) in [6, 6.07) is 2.73. The van der Waals surface area contributed by atoms with Gasteiger partial charge in [-0.25, -0.2) is 0 Å². The Bertz CT molecular complexity index is 780. The van der Waals surface area contributed by atoms with Crippen molar-refractivity contribution in [2.75, 3.05) is 0 Å². The Morgan fingerprint density at radius 2 is 1.80 bits per heavy atom. The summed E-state index contributed by atoms with van der Waals surface area (Å²) in [6.07, 6.45) is 0.784. The van der Waals surface area contributed by atoms with Crippen LogP contribution in [0, 0.1) is 0 Å². The van der Waals surface area contributed by atoms with E-state index in [1.807, 2.05) is 0 Å². The number of fused-ring (bicyclic) bond motifs is 1. The van der Waals surface area contributed by atoms with Crippen LogP contribution in [-0.2, 0) is 6.18 Å². The molecule has 0 saturated heterocycles. The molecule has 0 radical (unpaired) electrons. The van der Waals surface area contributed by atoms with Gasteiger partial charge in [0.15, 0.2) is 0 Å². The second-order valence-electron chi connectivity index (χ2n) is 4.22. The molecule has 3 rings (SSSR count). The second-order valence-corrected chi connectivity index (χ2v) is 4.62. The van der Waals surface area contributed by atoms with Crippen LogP contribution in [0.25, 0.3) is 22.2 Å². The fraction of sp³-hybridized carbons (Fsp3) is 0.0769. The summed E-state index contributed by atoms with van der Waals surface area (Å²) in [5, 5.41) is 0.466. The highest BCUT2D eigenvalue weighted by molar-refractivity contribution is 6.35. The summed E-state index contributed by atoms with van der Waals surface area (Å²) in [5.74, 6) is 0. The molecule has 7 heteroatoms. The molecule has 0 aliphatic carbocycles. The molecule has 20 heavy (non-hydrogen) atoms. The zero-order valence-corrected chi connectivity index (χ0v) is 10.6. The maximum Gasteiger partial charge on any atom is 0.417 e. The van der Waals surface area contributed by atoms with Crippen LogP contribution >= 0.6 is 11.6 Å². The zero-order valence-electron chi connectivity index (χ0n) is 9.87. The van der Waals surface area contributed by atoms with Crippen molar-refractivity contribution in [3.63, 3.8) is 0 Å². The zero-order chi connectivity index (χ0) is 14.3.